The van der Waals surface area contributed by atoms with Gasteiger partial charge in [0, 0.05) is 42.7 Å². The Bertz CT molecular complexity index is 1800. The maximum atomic E-state index is 13.7. The molecule has 3 aromatic carbocycles. The van der Waals surface area contributed by atoms with Crippen molar-refractivity contribution in [3.8, 4) is 0 Å². The van der Waals surface area contributed by atoms with E-state index in [9.17, 15) is 19.7 Å². The molecule has 0 saturated carbocycles. The lowest BCUT2D eigenvalue weighted by molar-refractivity contribution is -0.384. The first-order valence-electron chi connectivity index (χ1n) is 16.4. The fraction of sp³-hybridized carbons (Fsp3) is 0.368. The van der Waals surface area contributed by atoms with Crippen LogP contribution in [0, 0.1) is 10.1 Å². The zero-order valence-corrected chi connectivity index (χ0v) is 29.1. The molecular formula is C38H43N3O9. The SMILES string of the molecule is CNc1cc(C2OC(C)(C)OC2COCc2ccccc2)ccc1CCOC(=O)C1=C(C)NC(C)=C(C(=O)OC)C1c1cccc([N+](=O)[O-])c1. The number of nitrogens with zero attached hydrogens (tertiary/aromatic N) is 1. The number of dihydropyridines is 1. The standard InChI is InChI=1S/C38H43N3O9/c1-23-32(36(42)46-6)34(27-13-10-14-29(19-27)41(44)45)33(24(2)40-23)37(43)48-18-17-26-15-16-28(20-30(26)39-5)35-31(49-38(3,4)50-35)22-47-21-25-11-8-7-9-12-25/h7-16,19-20,31,34-35,39-40H,17-18,21-22H2,1-6H3. The predicted octanol–water partition coefficient (Wildman–Crippen LogP) is 6.24. The number of anilines is 1. The third-order valence-electron chi connectivity index (χ3n) is 8.71. The van der Waals surface area contributed by atoms with Crippen molar-refractivity contribution in [2.75, 3.05) is 32.7 Å². The number of allylic oxidation sites excluding steroid dienone is 2. The number of carbonyl (C=O) groups excluding carboxylic acids is 2. The fourth-order valence-electron chi connectivity index (χ4n) is 6.46. The highest BCUT2D eigenvalue weighted by Gasteiger charge is 2.42. The monoisotopic (exact) mass is 685 g/mol. The molecule has 0 aliphatic carbocycles. The Labute approximate surface area is 291 Å². The van der Waals surface area contributed by atoms with E-state index < -0.39 is 28.6 Å². The normalized spacial score (nSPS) is 19.9. The number of rotatable bonds is 13. The molecule has 0 amide bonds. The van der Waals surface area contributed by atoms with Crippen molar-refractivity contribution in [2.24, 2.45) is 0 Å². The van der Waals surface area contributed by atoms with Crippen LogP contribution in [-0.4, -0.2) is 56.1 Å². The average Bonchev–Trinajstić information content (AvgIpc) is 3.41. The maximum Gasteiger partial charge on any atom is 0.336 e. The highest BCUT2D eigenvalue weighted by Crippen LogP contribution is 2.41. The molecule has 2 aliphatic heterocycles. The molecule has 2 N–H and O–H groups in total. The molecule has 3 aromatic rings. The van der Waals surface area contributed by atoms with Crippen LogP contribution in [0.5, 0.6) is 0 Å². The van der Waals surface area contributed by atoms with Crippen LogP contribution < -0.4 is 10.6 Å². The van der Waals surface area contributed by atoms with Crippen molar-refractivity contribution >= 4 is 23.3 Å². The van der Waals surface area contributed by atoms with Gasteiger partial charge in [-0.2, -0.15) is 0 Å². The van der Waals surface area contributed by atoms with E-state index in [1.807, 2.05) is 69.4 Å². The first-order chi connectivity index (χ1) is 23.9. The fourth-order valence-corrected chi connectivity index (χ4v) is 6.46. The summed E-state index contributed by atoms with van der Waals surface area (Å²) in [7, 11) is 3.06. The summed E-state index contributed by atoms with van der Waals surface area (Å²) in [5.41, 5.74) is 5.26. The van der Waals surface area contributed by atoms with Gasteiger partial charge < -0.3 is 34.3 Å². The Morgan fingerprint density at radius 2 is 1.66 bits per heavy atom. The number of nitro benzene ring substituents is 1. The predicted molar refractivity (Wildman–Crippen MR) is 186 cm³/mol. The van der Waals surface area contributed by atoms with Gasteiger partial charge in [-0.15, -0.1) is 0 Å². The van der Waals surface area contributed by atoms with Crippen LogP contribution >= 0.6 is 0 Å². The highest BCUT2D eigenvalue weighted by molar-refractivity contribution is 5.99. The summed E-state index contributed by atoms with van der Waals surface area (Å²) in [6.07, 6.45) is -0.295. The van der Waals surface area contributed by atoms with Gasteiger partial charge in [0.05, 0.1) is 48.9 Å². The highest BCUT2D eigenvalue weighted by atomic mass is 16.8. The molecule has 1 saturated heterocycles. The molecule has 264 valence electrons. The van der Waals surface area contributed by atoms with Crippen molar-refractivity contribution in [2.45, 2.75) is 64.6 Å². The lowest BCUT2D eigenvalue weighted by atomic mass is 9.80. The molecule has 5 rings (SSSR count). The third kappa shape index (κ3) is 8.21. The smallest absolute Gasteiger partial charge is 0.336 e. The minimum Gasteiger partial charge on any atom is -0.466 e. The molecule has 0 radical (unpaired) electrons. The molecule has 2 aliphatic rings. The Morgan fingerprint density at radius 1 is 0.940 bits per heavy atom. The van der Waals surface area contributed by atoms with Crippen LogP contribution in [0.2, 0.25) is 0 Å². The zero-order chi connectivity index (χ0) is 36.0. The van der Waals surface area contributed by atoms with Crippen LogP contribution in [0.3, 0.4) is 0 Å². The number of hydrogen-bond donors (Lipinski definition) is 2. The van der Waals surface area contributed by atoms with Crippen LogP contribution in [0.15, 0.2) is 95.3 Å². The minimum absolute atomic E-state index is 0.0353. The topological polar surface area (TPSA) is 147 Å². The molecule has 12 nitrogen and oxygen atoms in total. The van der Waals surface area contributed by atoms with E-state index in [0.717, 1.165) is 22.4 Å². The quantitative estimate of drug-likeness (QED) is 0.120. The second-order valence-corrected chi connectivity index (χ2v) is 12.6. The van der Waals surface area contributed by atoms with Gasteiger partial charge in [0.1, 0.15) is 12.2 Å². The van der Waals surface area contributed by atoms with Crippen molar-refractivity contribution < 1.29 is 38.2 Å². The number of esters is 2. The number of non-ortho nitro benzene ring substituents is 1. The van der Waals surface area contributed by atoms with Crippen molar-refractivity contribution in [3.63, 3.8) is 0 Å². The van der Waals surface area contributed by atoms with Gasteiger partial charge in [0.25, 0.3) is 5.69 Å². The van der Waals surface area contributed by atoms with E-state index >= 15 is 0 Å². The van der Waals surface area contributed by atoms with Crippen LogP contribution in [-0.2, 0) is 46.3 Å². The van der Waals surface area contributed by atoms with Crippen molar-refractivity contribution in [1.82, 2.24) is 5.32 Å². The molecule has 1 fully saturated rings. The summed E-state index contributed by atoms with van der Waals surface area (Å²) < 4.78 is 29.4. The number of nitrogens with one attached hydrogen (secondary N) is 2. The lowest BCUT2D eigenvalue weighted by Crippen LogP contribution is -2.32. The van der Waals surface area contributed by atoms with Gasteiger partial charge >= 0.3 is 11.9 Å². The van der Waals surface area contributed by atoms with Crippen molar-refractivity contribution in [1.29, 1.82) is 0 Å². The van der Waals surface area contributed by atoms with Gasteiger partial charge in [0.2, 0.25) is 0 Å². The van der Waals surface area contributed by atoms with E-state index in [1.165, 1.54) is 25.3 Å². The molecular weight excluding hydrogens is 642 g/mol. The van der Waals surface area contributed by atoms with E-state index in [4.69, 9.17) is 23.7 Å². The lowest BCUT2D eigenvalue weighted by Gasteiger charge is -2.30. The Morgan fingerprint density at radius 3 is 2.34 bits per heavy atom. The molecule has 12 heteroatoms. The molecule has 2 heterocycles. The number of carbonyl (C=O) groups is 2. The molecule has 3 unspecified atom stereocenters. The summed E-state index contributed by atoms with van der Waals surface area (Å²) in [5, 5.41) is 17.9. The summed E-state index contributed by atoms with van der Waals surface area (Å²) in [6.45, 7) is 8.00. The van der Waals surface area contributed by atoms with Gasteiger partial charge in [-0.25, -0.2) is 9.59 Å². The minimum atomic E-state index is -0.939. The largest absolute Gasteiger partial charge is 0.466 e. The summed E-state index contributed by atoms with van der Waals surface area (Å²) in [5.74, 6) is -3.04. The third-order valence-corrected chi connectivity index (χ3v) is 8.71. The molecule has 0 bridgehead atoms. The van der Waals surface area contributed by atoms with E-state index in [2.05, 4.69) is 10.6 Å². The van der Waals surface area contributed by atoms with Crippen molar-refractivity contribution in [3.05, 3.63) is 128 Å². The number of hydrogen-bond acceptors (Lipinski definition) is 11. The molecule has 0 aromatic heterocycles. The molecule has 3 atom stereocenters. The Balaban J connectivity index is 1.30. The average molecular weight is 686 g/mol. The van der Waals surface area contributed by atoms with Crippen LogP contribution in [0.4, 0.5) is 11.4 Å². The Kier molecular flexibility index (Phi) is 11.4. The van der Waals surface area contributed by atoms with E-state index in [0.29, 0.717) is 36.6 Å². The second kappa shape index (κ2) is 15.7. The second-order valence-electron chi connectivity index (χ2n) is 12.6. The van der Waals surface area contributed by atoms with Crippen LogP contribution in [0.25, 0.3) is 0 Å². The zero-order valence-electron chi connectivity index (χ0n) is 29.1. The Hall–Kier alpha value is -5.04. The summed E-state index contributed by atoms with van der Waals surface area (Å²) in [4.78, 5) is 37.7. The van der Waals surface area contributed by atoms with Gasteiger partial charge in [-0.1, -0.05) is 54.6 Å². The molecule has 0 spiro atoms. The number of ether oxygens (including phenoxy) is 5. The van der Waals surface area contributed by atoms with E-state index in [-0.39, 0.29) is 35.6 Å². The maximum absolute atomic E-state index is 13.7. The number of methoxy groups -OCH3 is 1. The van der Waals surface area contributed by atoms with Gasteiger partial charge in [-0.3, -0.25) is 10.1 Å². The summed E-state index contributed by atoms with van der Waals surface area (Å²) >= 11 is 0. The van der Waals surface area contributed by atoms with Gasteiger partial charge in [-0.05, 0) is 56.0 Å². The van der Waals surface area contributed by atoms with E-state index in [1.54, 1.807) is 19.9 Å². The van der Waals surface area contributed by atoms with Gasteiger partial charge in [0.15, 0.2) is 5.79 Å². The number of nitro groups is 1. The molecule has 50 heavy (non-hydrogen) atoms. The number of benzene rings is 3. The van der Waals surface area contributed by atoms with Crippen LogP contribution in [0.1, 0.15) is 62.0 Å². The first-order valence-corrected chi connectivity index (χ1v) is 16.4. The summed E-state index contributed by atoms with van der Waals surface area (Å²) in [6, 6.07) is 21.8. The first kappa shape index (κ1) is 36.2.